The molecule has 0 spiro atoms. The van der Waals surface area contributed by atoms with Crippen LogP contribution in [0.3, 0.4) is 0 Å². The van der Waals surface area contributed by atoms with Crippen molar-refractivity contribution in [2.45, 2.75) is 33.0 Å². The van der Waals surface area contributed by atoms with Gasteiger partial charge in [0, 0.05) is 6.54 Å². The van der Waals surface area contributed by atoms with Gasteiger partial charge < -0.3 is 5.32 Å². The van der Waals surface area contributed by atoms with Crippen LogP contribution in [0, 0.1) is 13.8 Å². The molecule has 1 aromatic carbocycles. The van der Waals surface area contributed by atoms with Gasteiger partial charge in [0.15, 0.2) is 5.82 Å². The van der Waals surface area contributed by atoms with Crippen LogP contribution >= 0.6 is 0 Å². The summed E-state index contributed by atoms with van der Waals surface area (Å²) in [6.07, 6.45) is -5.33. The first-order chi connectivity index (χ1) is 11.2. The Morgan fingerprint density at radius 3 is 2.42 bits per heavy atom. The van der Waals surface area contributed by atoms with E-state index in [1.165, 1.54) is 12.1 Å². The summed E-state index contributed by atoms with van der Waals surface area (Å²) in [5.41, 5.74) is 2.17. The van der Waals surface area contributed by atoms with Crippen molar-refractivity contribution in [3.8, 4) is 0 Å². The molecule has 0 fully saturated rings. The average Bonchev–Trinajstić information content (AvgIpc) is 2.48. The van der Waals surface area contributed by atoms with Crippen LogP contribution < -0.4 is 10.6 Å². The number of hydrogen-bond acceptors (Lipinski definition) is 3. The summed E-state index contributed by atoms with van der Waals surface area (Å²) in [6, 6.07) is 7.22. The lowest BCUT2D eigenvalue weighted by Crippen LogP contribution is -2.29. The topological polar surface area (TPSA) is 66.9 Å². The van der Waals surface area contributed by atoms with Gasteiger partial charge in [0.1, 0.15) is 0 Å². The maximum Gasteiger partial charge on any atom is 0.393 e. The molecule has 0 unspecified atom stereocenters. The van der Waals surface area contributed by atoms with Gasteiger partial charge in [-0.15, -0.1) is 5.10 Å². The van der Waals surface area contributed by atoms with Crippen LogP contribution in [0.15, 0.2) is 30.3 Å². The van der Waals surface area contributed by atoms with Gasteiger partial charge >= 0.3 is 12.2 Å². The quantitative estimate of drug-likeness (QED) is 0.896. The highest BCUT2D eigenvalue weighted by molar-refractivity contribution is 5.88. The maximum absolute atomic E-state index is 12.6. The lowest BCUT2D eigenvalue weighted by Gasteiger charge is -2.13. The number of amides is 2. The fourth-order valence-electron chi connectivity index (χ4n) is 2.06. The fourth-order valence-corrected chi connectivity index (χ4v) is 2.06. The molecule has 1 aromatic heterocycles. The molecule has 0 saturated carbocycles. The van der Waals surface area contributed by atoms with Crippen LogP contribution in [0.1, 0.15) is 22.4 Å². The third-order valence-corrected chi connectivity index (χ3v) is 3.42. The second-order valence-corrected chi connectivity index (χ2v) is 5.37. The summed E-state index contributed by atoms with van der Waals surface area (Å²) in [5, 5.41) is 12.7. The third-order valence-electron chi connectivity index (χ3n) is 3.42. The minimum absolute atomic E-state index is 0.0175. The van der Waals surface area contributed by atoms with Crippen molar-refractivity contribution in [2.75, 3.05) is 5.32 Å². The van der Waals surface area contributed by atoms with Crippen molar-refractivity contribution in [2.24, 2.45) is 0 Å². The smallest absolute Gasteiger partial charge is 0.334 e. The zero-order valence-electron chi connectivity index (χ0n) is 13.2. The number of urea groups is 1. The largest absolute Gasteiger partial charge is 0.393 e. The van der Waals surface area contributed by atoms with Crippen molar-refractivity contribution < 1.29 is 18.0 Å². The first-order valence-electron chi connectivity index (χ1n) is 7.24. The molecular formula is C16H17F3N4O. The zero-order valence-corrected chi connectivity index (χ0v) is 13.2. The van der Waals surface area contributed by atoms with Gasteiger partial charge in [-0.05, 0) is 36.6 Å². The van der Waals surface area contributed by atoms with E-state index in [0.717, 1.165) is 11.3 Å². The Balaban J connectivity index is 1.98. The standard InChI is InChI=1S/C16H17F3N4O/c1-10-7-14(23-22-11(10)2)21-15(24)20-9-13-6-4-3-5-12(13)8-16(17,18)19/h3-7H,8-9H2,1-2H3,(H2,20,21,23,24). The van der Waals surface area contributed by atoms with Gasteiger partial charge in [-0.25, -0.2) is 4.79 Å². The van der Waals surface area contributed by atoms with E-state index < -0.39 is 18.6 Å². The number of nitrogens with zero attached hydrogens (tertiary/aromatic N) is 2. The van der Waals surface area contributed by atoms with Crippen LogP contribution in [0.4, 0.5) is 23.8 Å². The van der Waals surface area contributed by atoms with Gasteiger partial charge in [0.05, 0.1) is 12.1 Å². The van der Waals surface area contributed by atoms with Crippen LogP contribution in [-0.2, 0) is 13.0 Å². The summed E-state index contributed by atoms with van der Waals surface area (Å²) in [5.74, 6) is 0.277. The molecule has 8 heteroatoms. The Labute approximate surface area is 137 Å². The molecule has 0 aliphatic rings. The third kappa shape index (κ3) is 5.22. The molecular weight excluding hydrogens is 321 g/mol. The van der Waals surface area contributed by atoms with Crippen LogP contribution in [0.25, 0.3) is 0 Å². The number of alkyl halides is 3. The minimum Gasteiger partial charge on any atom is -0.334 e. The number of carbonyl (C=O) groups excluding carboxylic acids is 1. The molecule has 24 heavy (non-hydrogen) atoms. The Bertz CT molecular complexity index is 732. The first kappa shape index (κ1) is 17.7. The SMILES string of the molecule is Cc1cc(NC(=O)NCc2ccccc2CC(F)(F)F)nnc1C. The predicted molar refractivity (Wildman–Crippen MR) is 83.6 cm³/mol. The number of benzene rings is 1. The maximum atomic E-state index is 12.6. The van der Waals surface area contributed by atoms with Gasteiger partial charge in [-0.2, -0.15) is 18.3 Å². The number of aromatic nitrogens is 2. The van der Waals surface area contributed by atoms with Crippen LogP contribution in [-0.4, -0.2) is 22.4 Å². The second-order valence-electron chi connectivity index (χ2n) is 5.37. The van der Waals surface area contributed by atoms with E-state index in [9.17, 15) is 18.0 Å². The van der Waals surface area contributed by atoms with Crippen LogP contribution in [0.5, 0.6) is 0 Å². The van der Waals surface area contributed by atoms with Crippen molar-refractivity contribution in [3.05, 3.63) is 52.7 Å². The van der Waals surface area contributed by atoms with Crippen molar-refractivity contribution >= 4 is 11.8 Å². The molecule has 0 aliphatic heterocycles. The number of carbonyl (C=O) groups is 1. The molecule has 0 aliphatic carbocycles. The molecule has 5 nitrogen and oxygen atoms in total. The molecule has 0 radical (unpaired) electrons. The molecule has 2 aromatic rings. The van der Waals surface area contributed by atoms with Gasteiger partial charge in [-0.1, -0.05) is 24.3 Å². The number of anilines is 1. The van der Waals surface area contributed by atoms with E-state index in [4.69, 9.17) is 0 Å². The molecule has 2 rings (SSSR count). The second kappa shape index (κ2) is 7.29. The summed E-state index contributed by atoms with van der Waals surface area (Å²) >= 11 is 0. The number of aryl methyl sites for hydroxylation is 2. The fraction of sp³-hybridized carbons (Fsp3) is 0.312. The first-order valence-corrected chi connectivity index (χ1v) is 7.24. The lowest BCUT2D eigenvalue weighted by molar-refractivity contribution is -0.127. The van der Waals surface area contributed by atoms with Gasteiger partial charge in [-0.3, -0.25) is 5.32 Å². The van der Waals surface area contributed by atoms with Crippen LogP contribution in [0.2, 0.25) is 0 Å². The summed E-state index contributed by atoms with van der Waals surface area (Å²) in [7, 11) is 0. The summed E-state index contributed by atoms with van der Waals surface area (Å²) in [6.45, 7) is 3.61. The van der Waals surface area contributed by atoms with E-state index in [-0.39, 0.29) is 17.9 Å². The Kier molecular flexibility index (Phi) is 5.38. The molecule has 0 saturated heterocycles. The summed E-state index contributed by atoms with van der Waals surface area (Å²) in [4.78, 5) is 11.9. The molecule has 2 N–H and O–H groups in total. The molecule has 0 atom stereocenters. The van der Waals surface area contributed by atoms with E-state index in [0.29, 0.717) is 5.56 Å². The predicted octanol–water partition coefficient (Wildman–Crippen LogP) is 3.52. The highest BCUT2D eigenvalue weighted by Crippen LogP contribution is 2.23. The molecule has 1 heterocycles. The lowest BCUT2D eigenvalue weighted by atomic mass is 10.0. The van der Waals surface area contributed by atoms with E-state index >= 15 is 0 Å². The minimum atomic E-state index is -4.30. The van der Waals surface area contributed by atoms with Gasteiger partial charge in [0.25, 0.3) is 0 Å². The van der Waals surface area contributed by atoms with E-state index in [2.05, 4.69) is 20.8 Å². The Morgan fingerprint density at radius 1 is 1.12 bits per heavy atom. The average molecular weight is 338 g/mol. The van der Waals surface area contributed by atoms with Crippen molar-refractivity contribution in [1.29, 1.82) is 0 Å². The van der Waals surface area contributed by atoms with E-state index in [1.807, 2.05) is 6.92 Å². The van der Waals surface area contributed by atoms with Crippen molar-refractivity contribution in [1.82, 2.24) is 15.5 Å². The monoisotopic (exact) mass is 338 g/mol. The highest BCUT2D eigenvalue weighted by Gasteiger charge is 2.28. The number of halogens is 3. The number of rotatable bonds is 4. The number of nitrogens with one attached hydrogen (secondary N) is 2. The van der Waals surface area contributed by atoms with E-state index in [1.54, 1.807) is 25.1 Å². The number of hydrogen-bond donors (Lipinski definition) is 2. The van der Waals surface area contributed by atoms with Crippen molar-refractivity contribution in [3.63, 3.8) is 0 Å². The Morgan fingerprint density at radius 2 is 1.79 bits per heavy atom. The molecule has 0 bridgehead atoms. The zero-order chi connectivity index (χ0) is 17.7. The van der Waals surface area contributed by atoms with Gasteiger partial charge in [0.2, 0.25) is 0 Å². The highest BCUT2D eigenvalue weighted by atomic mass is 19.4. The molecule has 128 valence electrons. The molecule has 2 amide bonds. The Hall–Kier alpha value is -2.64. The summed E-state index contributed by atoms with van der Waals surface area (Å²) < 4.78 is 37.7. The normalized spacial score (nSPS) is 11.2.